The molecule has 0 saturated heterocycles. The van der Waals surface area contributed by atoms with E-state index in [-0.39, 0.29) is 24.8 Å². The molecular formula is C11H20O4. The highest BCUT2D eigenvalue weighted by Gasteiger charge is 2.09. The third kappa shape index (κ3) is 7.11. The summed E-state index contributed by atoms with van der Waals surface area (Å²) in [5, 5.41) is 0. The number of carbonyl (C=O) groups is 1. The topological polar surface area (TPSA) is 44.8 Å². The third-order valence-electron chi connectivity index (χ3n) is 1.82. The number of rotatable bonds is 7. The van der Waals surface area contributed by atoms with Crippen molar-refractivity contribution in [2.24, 2.45) is 0 Å². The van der Waals surface area contributed by atoms with E-state index in [0.717, 1.165) is 0 Å². The van der Waals surface area contributed by atoms with Crippen LogP contribution in [0.3, 0.4) is 0 Å². The van der Waals surface area contributed by atoms with E-state index in [4.69, 9.17) is 14.2 Å². The van der Waals surface area contributed by atoms with Crippen LogP contribution in [0.2, 0.25) is 0 Å². The van der Waals surface area contributed by atoms with Gasteiger partial charge in [-0.25, -0.2) is 4.79 Å². The molecule has 0 amide bonds. The fourth-order valence-corrected chi connectivity index (χ4v) is 0.732. The van der Waals surface area contributed by atoms with Crippen molar-refractivity contribution in [2.75, 3.05) is 20.3 Å². The smallest absolute Gasteiger partial charge is 0.333 e. The van der Waals surface area contributed by atoms with Gasteiger partial charge in [-0.15, -0.1) is 0 Å². The second-order valence-electron chi connectivity index (χ2n) is 3.57. The number of hydrogen-bond acceptors (Lipinski definition) is 4. The van der Waals surface area contributed by atoms with Gasteiger partial charge in [0.15, 0.2) is 0 Å². The molecule has 0 aliphatic carbocycles. The lowest BCUT2D eigenvalue weighted by Gasteiger charge is -2.16. The largest absolute Gasteiger partial charge is 0.460 e. The van der Waals surface area contributed by atoms with Gasteiger partial charge in [-0.3, -0.25) is 0 Å². The van der Waals surface area contributed by atoms with Crippen LogP contribution >= 0.6 is 0 Å². The van der Waals surface area contributed by atoms with E-state index in [1.165, 1.54) is 0 Å². The SMILES string of the molecule is C=C(C)C(=O)OCC(C)OCC(C)OC. The molecule has 0 fully saturated rings. The molecule has 2 atom stereocenters. The molecule has 0 saturated carbocycles. The van der Waals surface area contributed by atoms with Gasteiger partial charge in [0.1, 0.15) is 6.61 Å². The highest BCUT2D eigenvalue weighted by atomic mass is 16.6. The summed E-state index contributed by atoms with van der Waals surface area (Å²) in [7, 11) is 1.62. The van der Waals surface area contributed by atoms with Crippen LogP contribution in [0, 0.1) is 0 Å². The van der Waals surface area contributed by atoms with Gasteiger partial charge in [-0.2, -0.15) is 0 Å². The zero-order chi connectivity index (χ0) is 11.8. The second kappa shape index (κ2) is 7.43. The Bertz CT molecular complexity index is 213. The van der Waals surface area contributed by atoms with Crippen molar-refractivity contribution in [3.05, 3.63) is 12.2 Å². The van der Waals surface area contributed by atoms with E-state index in [9.17, 15) is 4.79 Å². The quantitative estimate of drug-likeness (QED) is 0.478. The Morgan fingerprint density at radius 3 is 2.33 bits per heavy atom. The van der Waals surface area contributed by atoms with E-state index in [1.54, 1.807) is 14.0 Å². The molecule has 0 heterocycles. The average molecular weight is 216 g/mol. The van der Waals surface area contributed by atoms with E-state index in [0.29, 0.717) is 12.2 Å². The van der Waals surface area contributed by atoms with Crippen LogP contribution in [0.15, 0.2) is 12.2 Å². The van der Waals surface area contributed by atoms with Crippen LogP contribution in [-0.2, 0) is 19.0 Å². The summed E-state index contributed by atoms with van der Waals surface area (Å²) in [6.07, 6.45) is -0.0878. The van der Waals surface area contributed by atoms with Crippen molar-refractivity contribution in [3.63, 3.8) is 0 Å². The van der Waals surface area contributed by atoms with Crippen LogP contribution in [0.25, 0.3) is 0 Å². The van der Waals surface area contributed by atoms with Crippen LogP contribution in [0.5, 0.6) is 0 Å². The predicted molar refractivity (Wildman–Crippen MR) is 57.7 cm³/mol. The van der Waals surface area contributed by atoms with Crippen molar-refractivity contribution in [2.45, 2.75) is 33.0 Å². The molecule has 0 aliphatic rings. The first-order valence-electron chi connectivity index (χ1n) is 4.94. The molecule has 2 unspecified atom stereocenters. The molecule has 88 valence electrons. The van der Waals surface area contributed by atoms with Crippen LogP contribution in [0.1, 0.15) is 20.8 Å². The molecule has 15 heavy (non-hydrogen) atoms. The number of ether oxygens (including phenoxy) is 3. The molecule has 0 rings (SSSR count). The van der Waals surface area contributed by atoms with Gasteiger partial charge < -0.3 is 14.2 Å². The summed E-state index contributed by atoms with van der Waals surface area (Å²) in [5.41, 5.74) is 0.396. The number of hydrogen-bond donors (Lipinski definition) is 0. The molecule has 0 radical (unpaired) electrons. The van der Waals surface area contributed by atoms with Crippen LogP contribution < -0.4 is 0 Å². The molecule has 4 heteroatoms. The number of esters is 1. The van der Waals surface area contributed by atoms with E-state index in [2.05, 4.69) is 6.58 Å². The maximum Gasteiger partial charge on any atom is 0.333 e. The van der Waals surface area contributed by atoms with Gasteiger partial charge >= 0.3 is 5.97 Å². The molecule has 0 N–H and O–H groups in total. The van der Waals surface area contributed by atoms with Gasteiger partial charge in [-0.05, 0) is 20.8 Å². The Morgan fingerprint density at radius 1 is 1.27 bits per heavy atom. The molecule has 4 nitrogen and oxygen atoms in total. The summed E-state index contributed by atoms with van der Waals surface area (Å²) in [6, 6.07) is 0. The average Bonchev–Trinajstić information content (AvgIpc) is 2.21. The lowest BCUT2D eigenvalue weighted by Crippen LogP contribution is -2.24. The zero-order valence-electron chi connectivity index (χ0n) is 9.91. The van der Waals surface area contributed by atoms with Crippen LogP contribution in [-0.4, -0.2) is 38.5 Å². The molecule has 0 aromatic heterocycles. The Labute approximate surface area is 91.2 Å². The van der Waals surface area contributed by atoms with Crippen molar-refractivity contribution in [3.8, 4) is 0 Å². The molecule has 0 aliphatic heterocycles. The first-order valence-corrected chi connectivity index (χ1v) is 4.94. The minimum absolute atomic E-state index is 0.0456. The maximum absolute atomic E-state index is 11.0. The Morgan fingerprint density at radius 2 is 1.87 bits per heavy atom. The van der Waals surface area contributed by atoms with Gasteiger partial charge in [0, 0.05) is 12.7 Å². The second-order valence-corrected chi connectivity index (χ2v) is 3.57. The van der Waals surface area contributed by atoms with E-state index in [1.807, 2.05) is 13.8 Å². The molecule has 0 spiro atoms. The summed E-state index contributed by atoms with van der Waals surface area (Å²) < 4.78 is 15.3. The van der Waals surface area contributed by atoms with Crippen molar-refractivity contribution >= 4 is 5.97 Å². The van der Waals surface area contributed by atoms with Gasteiger partial charge in [0.05, 0.1) is 18.8 Å². The van der Waals surface area contributed by atoms with Gasteiger partial charge in [-0.1, -0.05) is 6.58 Å². The molecular weight excluding hydrogens is 196 g/mol. The number of methoxy groups -OCH3 is 1. The minimum atomic E-state index is -0.384. The van der Waals surface area contributed by atoms with Gasteiger partial charge in [0.25, 0.3) is 0 Å². The number of carbonyl (C=O) groups excluding carboxylic acids is 1. The van der Waals surface area contributed by atoms with Crippen LogP contribution in [0.4, 0.5) is 0 Å². The van der Waals surface area contributed by atoms with Crippen molar-refractivity contribution in [1.82, 2.24) is 0 Å². The first kappa shape index (κ1) is 14.1. The Hall–Kier alpha value is -0.870. The lowest BCUT2D eigenvalue weighted by molar-refractivity contribution is -0.143. The standard InChI is InChI=1S/C11H20O4/c1-8(2)11(12)15-7-10(4)14-6-9(3)13-5/h9-10H,1,6-7H2,2-5H3. The lowest BCUT2D eigenvalue weighted by atomic mass is 10.3. The third-order valence-corrected chi connectivity index (χ3v) is 1.82. The van der Waals surface area contributed by atoms with Gasteiger partial charge in [0.2, 0.25) is 0 Å². The highest BCUT2D eigenvalue weighted by molar-refractivity contribution is 5.86. The van der Waals surface area contributed by atoms with E-state index >= 15 is 0 Å². The maximum atomic E-state index is 11.0. The Balaban J connectivity index is 3.61. The molecule has 0 aromatic carbocycles. The molecule has 0 bridgehead atoms. The minimum Gasteiger partial charge on any atom is -0.460 e. The first-order chi connectivity index (χ1) is 6.97. The fourth-order valence-electron chi connectivity index (χ4n) is 0.732. The fraction of sp³-hybridized carbons (Fsp3) is 0.727. The monoisotopic (exact) mass is 216 g/mol. The zero-order valence-corrected chi connectivity index (χ0v) is 9.91. The predicted octanol–water partition coefficient (Wildman–Crippen LogP) is 1.55. The Kier molecular flexibility index (Phi) is 6.99. The summed E-state index contributed by atoms with van der Waals surface area (Å²) in [4.78, 5) is 11.0. The highest BCUT2D eigenvalue weighted by Crippen LogP contribution is 1.99. The normalized spacial score (nSPS) is 14.4. The summed E-state index contributed by atoms with van der Waals surface area (Å²) in [5.74, 6) is -0.384. The summed E-state index contributed by atoms with van der Waals surface area (Å²) in [6.45, 7) is 9.57. The molecule has 0 aromatic rings. The van der Waals surface area contributed by atoms with Crippen molar-refractivity contribution < 1.29 is 19.0 Å². The summed E-state index contributed by atoms with van der Waals surface area (Å²) >= 11 is 0. The van der Waals surface area contributed by atoms with Crippen molar-refractivity contribution in [1.29, 1.82) is 0 Å². The van der Waals surface area contributed by atoms with E-state index < -0.39 is 0 Å².